The molecule has 2 aromatic carbocycles. The van der Waals surface area contributed by atoms with Crippen molar-refractivity contribution in [2.24, 2.45) is 5.92 Å². The van der Waals surface area contributed by atoms with E-state index in [1.807, 2.05) is 18.4 Å². The summed E-state index contributed by atoms with van der Waals surface area (Å²) in [6.45, 7) is -0.116. The highest BCUT2D eigenvalue weighted by Gasteiger charge is 2.33. The second-order valence-electron chi connectivity index (χ2n) is 6.99. The van der Waals surface area contributed by atoms with Crippen molar-refractivity contribution in [2.45, 2.75) is 22.6 Å². The number of carbonyl (C=O) groups is 2. The molecule has 0 radical (unpaired) electrons. The Morgan fingerprint density at radius 3 is 2.42 bits per heavy atom. The predicted molar refractivity (Wildman–Crippen MR) is 116 cm³/mol. The Balaban J connectivity index is 1.49. The lowest BCUT2D eigenvalue weighted by molar-refractivity contribution is -0.152. The summed E-state index contributed by atoms with van der Waals surface area (Å²) in [6.07, 6.45) is 2.47. The minimum atomic E-state index is -3.75. The Labute approximate surface area is 185 Å². The van der Waals surface area contributed by atoms with Crippen LogP contribution in [0.25, 0.3) is 0 Å². The van der Waals surface area contributed by atoms with Crippen LogP contribution in [0.1, 0.15) is 12.8 Å². The summed E-state index contributed by atoms with van der Waals surface area (Å²) in [4.78, 5) is 25.4. The second-order valence-corrected chi connectivity index (χ2v) is 9.77. The van der Waals surface area contributed by atoms with Crippen LogP contribution in [0, 0.1) is 11.7 Å². The van der Waals surface area contributed by atoms with Crippen molar-refractivity contribution in [3.63, 3.8) is 0 Å². The molecule has 2 aromatic rings. The van der Waals surface area contributed by atoms with Crippen LogP contribution in [-0.4, -0.2) is 50.6 Å². The number of benzene rings is 2. The highest BCUT2D eigenvalue weighted by atomic mass is 32.2. The van der Waals surface area contributed by atoms with Gasteiger partial charge in [0.1, 0.15) is 5.82 Å². The summed E-state index contributed by atoms with van der Waals surface area (Å²) in [6, 6.07) is 11.9. The first-order valence-electron chi connectivity index (χ1n) is 9.66. The molecular formula is C21H23FN2O5S2. The molecule has 1 fully saturated rings. The molecule has 1 N–H and O–H groups in total. The van der Waals surface area contributed by atoms with Crippen molar-refractivity contribution in [2.75, 3.05) is 31.3 Å². The van der Waals surface area contributed by atoms with Gasteiger partial charge in [0.2, 0.25) is 10.0 Å². The van der Waals surface area contributed by atoms with Gasteiger partial charge in [-0.1, -0.05) is 12.1 Å². The number of thioether (sulfide) groups is 1. The fourth-order valence-electron chi connectivity index (χ4n) is 3.28. The minimum Gasteiger partial charge on any atom is -0.455 e. The number of nitrogens with one attached hydrogen (secondary N) is 1. The lowest BCUT2D eigenvalue weighted by Gasteiger charge is -2.30. The lowest BCUT2D eigenvalue weighted by Crippen LogP contribution is -2.40. The van der Waals surface area contributed by atoms with E-state index in [0.717, 1.165) is 17.0 Å². The number of halogens is 1. The zero-order valence-corrected chi connectivity index (χ0v) is 18.5. The fraction of sp³-hybridized carbons (Fsp3) is 0.333. The van der Waals surface area contributed by atoms with Gasteiger partial charge in [-0.25, -0.2) is 12.8 Å². The molecule has 10 heteroatoms. The molecule has 1 aliphatic rings. The molecule has 0 saturated carbocycles. The summed E-state index contributed by atoms with van der Waals surface area (Å²) < 4.78 is 44.8. The monoisotopic (exact) mass is 466 g/mol. The van der Waals surface area contributed by atoms with Gasteiger partial charge in [0, 0.05) is 18.0 Å². The van der Waals surface area contributed by atoms with Gasteiger partial charge in [0.25, 0.3) is 5.91 Å². The number of piperidine rings is 1. The fourth-order valence-corrected chi connectivity index (χ4v) is 5.30. The standard InChI is InChI=1S/C21H23FN2O5S2/c1-30-19-5-3-2-4-18(19)23-20(25)14-29-21(26)15-10-12-24(13-11-15)31(27,28)17-8-6-16(22)7-9-17/h2-9,15H,10-14H2,1H3,(H,23,25). The molecule has 1 heterocycles. The van der Waals surface area contributed by atoms with E-state index in [1.54, 1.807) is 12.1 Å². The number of rotatable bonds is 7. The number of anilines is 1. The van der Waals surface area contributed by atoms with Crippen LogP contribution < -0.4 is 5.32 Å². The maximum atomic E-state index is 13.1. The van der Waals surface area contributed by atoms with Gasteiger partial charge in [-0.2, -0.15) is 4.31 Å². The van der Waals surface area contributed by atoms with E-state index in [-0.39, 0.29) is 30.8 Å². The number of para-hydroxylation sites is 1. The van der Waals surface area contributed by atoms with Crippen molar-refractivity contribution < 1.29 is 27.1 Å². The van der Waals surface area contributed by atoms with Gasteiger partial charge >= 0.3 is 5.97 Å². The summed E-state index contributed by atoms with van der Waals surface area (Å²) in [5, 5.41) is 2.72. The molecule has 166 valence electrons. The number of hydrogen-bond donors (Lipinski definition) is 1. The van der Waals surface area contributed by atoms with Crippen LogP contribution in [0.5, 0.6) is 0 Å². The zero-order chi connectivity index (χ0) is 22.4. The molecule has 0 aromatic heterocycles. The first-order valence-corrected chi connectivity index (χ1v) is 12.3. The third-order valence-corrected chi connectivity index (χ3v) is 7.67. The molecule has 0 unspecified atom stereocenters. The number of hydrogen-bond acceptors (Lipinski definition) is 6. The second kappa shape index (κ2) is 10.3. The minimum absolute atomic E-state index is 0.0112. The maximum Gasteiger partial charge on any atom is 0.309 e. The molecule has 31 heavy (non-hydrogen) atoms. The van der Waals surface area contributed by atoms with Crippen molar-refractivity contribution in [1.29, 1.82) is 0 Å². The van der Waals surface area contributed by atoms with Gasteiger partial charge in [0.05, 0.1) is 16.5 Å². The third-order valence-electron chi connectivity index (χ3n) is 4.97. The molecule has 0 spiro atoms. The van der Waals surface area contributed by atoms with Gasteiger partial charge < -0.3 is 10.1 Å². The molecule has 1 amide bonds. The van der Waals surface area contributed by atoms with Gasteiger partial charge in [-0.15, -0.1) is 11.8 Å². The van der Waals surface area contributed by atoms with Gasteiger partial charge in [-0.05, 0) is 55.5 Å². The molecule has 0 bridgehead atoms. The number of sulfonamides is 1. The molecule has 0 atom stereocenters. The van der Waals surface area contributed by atoms with Crippen LogP contribution >= 0.6 is 11.8 Å². The first kappa shape index (κ1) is 23.2. The summed E-state index contributed by atoms with van der Waals surface area (Å²) in [5.41, 5.74) is 0.648. The van der Waals surface area contributed by atoms with E-state index in [9.17, 15) is 22.4 Å². The Hall–Kier alpha value is -2.43. The maximum absolute atomic E-state index is 13.1. The summed E-state index contributed by atoms with van der Waals surface area (Å²) >= 11 is 1.49. The molecule has 7 nitrogen and oxygen atoms in total. The SMILES string of the molecule is CSc1ccccc1NC(=O)COC(=O)C1CCN(S(=O)(=O)c2ccc(F)cc2)CC1. The number of amides is 1. The van der Waals surface area contributed by atoms with Crippen LogP contribution in [0.15, 0.2) is 58.3 Å². The van der Waals surface area contributed by atoms with Crippen molar-refractivity contribution in [3.8, 4) is 0 Å². The van der Waals surface area contributed by atoms with E-state index in [2.05, 4.69) is 5.32 Å². The van der Waals surface area contributed by atoms with Crippen molar-refractivity contribution in [1.82, 2.24) is 4.31 Å². The van der Waals surface area contributed by atoms with E-state index >= 15 is 0 Å². The average molecular weight is 467 g/mol. The predicted octanol–water partition coefficient (Wildman–Crippen LogP) is 3.13. The average Bonchev–Trinajstić information content (AvgIpc) is 2.78. The van der Waals surface area contributed by atoms with E-state index < -0.39 is 40.2 Å². The van der Waals surface area contributed by atoms with Gasteiger partial charge in [0.15, 0.2) is 6.61 Å². The van der Waals surface area contributed by atoms with E-state index in [1.165, 1.54) is 28.2 Å². The smallest absolute Gasteiger partial charge is 0.309 e. The third kappa shape index (κ3) is 5.84. The number of nitrogens with zero attached hydrogens (tertiary/aromatic N) is 1. The first-order chi connectivity index (χ1) is 14.8. The molecule has 1 saturated heterocycles. The van der Waals surface area contributed by atoms with Crippen molar-refractivity contribution >= 4 is 39.3 Å². The quantitative estimate of drug-likeness (QED) is 0.498. The zero-order valence-electron chi connectivity index (χ0n) is 16.9. The Kier molecular flexibility index (Phi) is 7.69. The highest BCUT2D eigenvalue weighted by Crippen LogP contribution is 2.26. The summed E-state index contributed by atoms with van der Waals surface area (Å²) in [7, 11) is -3.75. The topological polar surface area (TPSA) is 92.8 Å². The Morgan fingerprint density at radius 2 is 1.77 bits per heavy atom. The number of ether oxygens (including phenoxy) is 1. The molecule has 3 rings (SSSR count). The van der Waals surface area contributed by atoms with E-state index in [4.69, 9.17) is 4.74 Å². The van der Waals surface area contributed by atoms with Crippen LogP contribution in [0.2, 0.25) is 0 Å². The Bertz CT molecular complexity index is 1040. The van der Waals surface area contributed by atoms with Gasteiger partial charge in [-0.3, -0.25) is 9.59 Å². The molecule has 0 aliphatic carbocycles. The molecular weight excluding hydrogens is 443 g/mol. The van der Waals surface area contributed by atoms with Crippen LogP contribution in [-0.2, 0) is 24.3 Å². The van der Waals surface area contributed by atoms with Crippen molar-refractivity contribution in [3.05, 3.63) is 54.3 Å². The number of esters is 1. The van der Waals surface area contributed by atoms with Crippen LogP contribution in [0.3, 0.4) is 0 Å². The highest BCUT2D eigenvalue weighted by molar-refractivity contribution is 7.98. The Morgan fingerprint density at radius 1 is 1.13 bits per heavy atom. The van der Waals surface area contributed by atoms with Crippen LogP contribution in [0.4, 0.5) is 10.1 Å². The lowest BCUT2D eigenvalue weighted by atomic mass is 9.98. The normalized spacial score (nSPS) is 15.4. The molecule has 1 aliphatic heterocycles. The summed E-state index contributed by atoms with van der Waals surface area (Å²) in [5.74, 6) is -1.95. The van der Waals surface area contributed by atoms with E-state index in [0.29, 0.717) is 5.69 Å². The number of carbonyl (C=O) groups excluding carboxylic acids is 2. The largest absolute Gasteiger partial charge is 0.455 e.